The Morgan fingerprint density at radius 3 is 2.36 bits per heavy atom. The van der Waals surface area contributed by atoms with Gasteiger partial charge in [0, 0.05) is 16.7 Å². The summed E-state index contributed by atoms with van der Waals surface area (Å²) in [6.45, 7) is 1.39. The number of hydrogen-bond donors (Lipinski definition) is 1. The summed E-state index contributed by atoms with van der Waals surface area (Å²) < 4.78 is 22.5. The number of hydrogen-bond acceptors (Lipinski definition) is 4. The second-order valence-electron chi connectivity index (χ2n) is 3.01. The second kappa shape index (κ2) is 3.74. The Hall–Kier alpha value is -0.810. The zero-order valence-electron chi connectivity index (χ0n) is 7.81. The Labute approximate surface area is 88.5 Å². The second-order valence-corrected chi connectivity index (χ2v) is 5.48. The molecule has 0 saturated carbocycles. The van der Waals surface area contributed by atoms with Gasteiger partial charge in [0.15, 0.2) is 15.6 Å². The van der Waals surface area contributed by atoms with E-state index in [9.17, 15) is 13.2 Å². The van der Waals surface area contributed by atoms with Crippen molar-refractivity contribution in [1.82, 2.24) is 0 Å². The van der Waals surface area contributed by atoms with Gasteiger partial charge < -0.3 is 0 Å². The number of thiol groups is 1. The van der Waals surface area contributed by atoms with Gasteiger partial charge in [0.2, 0.25) is 0 Å². The lowest BCUT2D eigenvalue weighted by Gasteiger charge is -2.04. The van der Waals surface area contributed by atoms with Crippen LogP contribution in [0.2, 0.25) is 0 Å². The van der Waals surface area contributed by atoms with E-state index in [-0.39, 0.29) is 10.7 Å². The van der Waals surface area contributed by atoms with Crippen LogP contribution in [-0.4, -0.2) is 20.5 Å². The molecule has 0 aliphatic rings. The van der Waals surface area contributed by atoms with E-state index in [2.05, 4.69) is 12.6 Å². The van der Waals surface area contributed by atoms with Crippen LogP contribution in [0, 0.1) is 0 Å². The van der Waals surface area contributed by atoms with Crippen LogP contribution in [0.5, 0.6) is 0 Å². The summed E-state index contributed by atoms with van der Waals surface area (Å²) in [5, 5.41) is 0. The van der Waals surface area contributed by atoms with E-state index in [1.54, 1.807) is 6.07 Å². The molecule has 3 nitrogen and oxygen atoms in total. The molecule has 0 unspecified atom stereocenters. The van der Waals surface area contributed by atoms with Crippen molar-refractivity contribution in [2.45, 2.75) is 16.7 Å². The van der Waals surface area contributed by atoms with Gasteiger partial charge in [0.05, 0.1) is 4.90 Å². The maximum Gasteiger partial charge on any atom is 0.176 e. The van der Waals surface area contributed by atoms with E-state index in [1.807, 2.05) is 0 Å². The third-order valence-electron chi connectivity index (χ3n) is 1.77. The zero-order valence-corrected chi connectivity index (χ0v) is 9.52. The average molecular weight is 230 g/mol. The lowest BCUT2D eigenvalue weighted by molar-refractivity contribution is 0.101. The standard InChI is InChI=1S/C9H10O3S2/c1-6(10)7-3-4-8(13)9(5-7)14(2,11)12/h3-5,13H,1-2H3. The molecule has 0 saturated heterocycles. The van der Waals surface area contributed by atoms with Gasteiger partial charge in [0.1, 0.15) is 0 Å². The topological polar surface area (TPSA) is 51.2 Å². The van der Waals surface area contributed by atoms with Crippen molar-refractivity contribution < 1.29 is 13.2 Å². The molecule has 0 aliphatic heterocycles. The van der Waals surface area contributed by atoms with Crippen molar-refractivity contribution in [3.8, 4) is 0 Å². The summed E-state index contributed by atoms with van der Waals surface area (Å²) in [4.78, 5) is 11.5. The Morgan fingerprint density at radius 1 is 1.36 bits per heavy atom. The van der Waals surface area contributed by atoms with Gasteiger partial charge in [-0.2, -0.15) is 0 Å². The fraction of sp³-hybridized carbons (Fsp3) is 0.222. The number of sulfone groups is 1. The number of Topliss-reactive ketones (excluding diaryl/α,β-unsaturated/α-hetero) is 1. The smallest absolute Gasteiger partial charge is 0.176 e. The van der Waals surface area contributed by atoms with Crippen LogP contribution in [0.25, 0.3) is 0 Å². The lowest BCUT2D eigenvalue weighted by Crippen LogP contribution is -2.01. The van der Waals surface area contributed by atoms with Crippen LogP contribution in [0.15, 0.2) is 28.0 Å². The van der Waals surface area contributed by atoms with Gasteiger partial charge in [0.25, 0.3) is 0 Å². The van der Waals surface area contributed by atoms with Crippen molar-refractivity contribution >= 4 is 28.2 Å². The maximum atomic E-state index is 11.3. The molecule has 0 aliphatic carbocycles. The Bertz CT molecular complexity index is 475. The van der Waals surface area contributed by atoms with Crippen LogP contribution in [0.1, 0.15) is 17.3 Å². The van der Waals surface area contributed by atoms with Gasteiger partial charge in [-0.1, -0.05) is 6.07 Å². The first-order valence-corrected chi connectivity index (χ1v) is 6.20. The van der Waals surface area contributed by atoms with Crippen molar-refractivity contribution in [2.24, 2.45) is 0 Å². The molecular formula is C9H10O3S2. The first-order chi connectivity index (χ1) is 6.32. The highest BCUT2D eigenvalue weighted by Crippen LogP contribution is 2.21. The molecule has 76 valence electrons. The molecule has 1 aromatic rings. The minimum atomic E-state index is -3.32. The zero-order chi connectivity index (χ0) is 10.9. The molecule has 0 bridgehead atoms. The number of carbonyl (C=O) groups excluding carboxylic acids is 1. The number of rotatable bonds is 2. The normalized spacial score (nSPS) is 11.4. The molecule has 0 amide bonds. The average Bonchev–Trinajstić information content (AvgIpc) is 2.02. The van der Waals surface area contributed by atoms with Gasteiger partial charge in [-0.25, -0.2) is 8.42 Å². The van der Waals surface area contributed by atoms with Crippen LogP contribution in [-0.2, 0) is 9.84 Å². The van der Waals surface area contributed by atoms with Gasteiger partial charge in [-0.05, 0) is 19.1 Å². The van der Waals surface area contributed by atoms with E-state index in [0.29, 0.717) is 10.5 Å². The van der Waals surface area contributed by atoms with Gasteiger partial charge in [-0.3, -0.25) is 4.79 Å². The third kappa shape index (κ3) is 2.36. The highest BCUT2D eigenvalue weighted by Gasteiger charge is 2.13. The summed E-state index contributed by atoms with van der Waals surface area (Å²) in [6.07, 6.45) is 1.09. The molecule has 5 heteroatoms. The summed E-state index contributed by atoms with van der Waals surface area (Å²) >= 11 is 4.02. The van der Waals surface area contributed by atoms with Crippen molar-refractivity contribution in [3.63, 3.8) is 0 Å². The number of benzene rings is 1. The quantitative estimate of drug-likeness (QED) is 0.620. The summed E-state index contributed by atoms with van der Waals surface area (Å²) in [5.74, 6) is -0.164. The highest BCUT2D eigenvalue weighted by molar-refractivity contribution is 7.91. The number of ketones is 1. The van der Waals surface area contributed by atoms with Crippen molar-refractivity contribution in [2.75, 3.05) is 6.26 Å². The molecule has 0 radical (unpaired) electrons. The third-order valence-corrected chi connectivity index (χ3v) is 3.44. The Morgan fingerprint density at radius 2 is 1.93 bits per heavy atom. The minimum Gasteiger partial charge on any atom is -0.295 e. The highest BCUT2D eigenvalue weighted by atomic mass is 32.2. The molecule has 0 spiro atoms. The SMILES string of the molecule is CC(=O)c1ccc(S)c(S(C)(=O)=O)c1. The molecule has 1 rings (SSSR count). The minimum absolute atomic E-state index is 0.0912. The maximum absolute atomic E-state index is 11.3. The van der Waals surface area contributed by atoms with Gasteiger partial charge >= 0.3 is 0 Å². The van der Waals surface area contributed by atoms with E-state index < -0.39 is 9.84 Å². The van der Waals surface area contributed by atoms with Crippen molar-refractivity contribution in [1.29, 1.82) is 0 Å². The molecule has 0 aromatic heterocycles. The van der Waals surface area contributed by atoms with Crippen LogP contribution < -0.4 is 0 Å². The predicted octanol–water partition coefficient (Wildman–Crippen LogP) is 1.58. The molecule has 14 heavy (non-hydrogen) atoms. The molecule has 0 fully saturated rings. The van der Waals surface area contributed by atoms with Crippen LogP contribution in [0.4, 0.5) is 0 Å². The number of carbonyl (C=O) groups is 1. The summed E-state index contributed by atoms with van der Waals surface area (Å²) in [5.41, 5.74) is 0.378. The molecular weight excluding hydrogens is 220 g/mol. The summed E-state index contributed by atoms with van der Waals surface area (Å²) in [6, 6.07) is 4.41. The van der Waals surface area contributed by atoms with Crippen molar-refractivity contribution in [3.05, 3.63) is 23.8 Å². The lowest BCUT2D eigenvalue weighted by atomic mass is 10.1. The monoisotopic (exact) mass is 230 g/mol. The van der Waals surface area contributed by atoms with Gasteiger partial charge in [-0.15, -0.1) is 12.6 Å². The van der Waals surface area contributed by atoms with Crippen LogP contribution in [0.3, 0.4) is 0 Å². The van der Waals surface area contributed by atoms with E-state index >= 15 is 0 Å². The van der Waals surface area contributed by atoms with E-state index in [1.165, 1.54) is 19.1 Å². The molecule has 0 N–H and O–H groups in total. The first kappa shape index (κ1) is 11.3. The summed E-state index contributed by atoms with van der Waals surface area (Å²) in [7, 11) is -3.32. The fourth-order valence-corrected chi connectivity index (χ4v) is 2.46. The van der Waals surface area contributed by atoms with Crippen LogP contribution >= 0.6 is 12.6 Å². The molecule has 0 atom stereocenters. The molecule has 1 aromatic carbocycles. The molecule has 0 heterocycles. The van der Waals surface area contributed by atoms with E-state index in [0.717, 1.165) is 6.26 Å². The Balaban J connectivity index is 3.44. The Kier molecular flexibility index (Phi) is 3.01. The van der Waals surface area contributed by atoms with E-state index in [4.69, 9.17) is 0 Å². The predicted molar refractivity (Wildman–Crippen MR) is 56.8 cm³/mol. The fourth-order valence-electron chi connectivity index (χ4n) is 1.03. The largest absolute Gasteiger partial charge is 0.295 e. The first-order valence-electron chi connectivity index (χ1n) is 3.86.